The van der Waals surface area contributed by atoms with Crippen molar-refractivity contribution in [1.29, 1.82) is 0 Å². The Labute approximate surface area is 145 Å². The van der Waals surface area contributed by atoms with E-state index in [9.17, 15) is 4.79 Å². The minimum Gasteiger partial charge on any atom is -0.346 e. The Morgan fingerprint density at radius 2 is 1.67 bits per heavy atom. The highest BCUT2D eigenvalue weighted by atomic mass is 16.1. The number of amides is 1. The molecule has 7 fully saturated rings. The van der Waals surface area contributed by atoms with Gasteiger partial charge in [-0.05, 0) is 86.4 Å². The van der Waals surface area contributed by atoms with E-state index in [1.54, 1.807) is 0 Å². The summed E-state index contributed by atoms with van der Waals surface area (Å²) >= 11 is 0. The predicted octanol–water partition coefficient (Wildman–Crippen LogP) is 3.08. The maximum Gasteiger partial charge on any atom is 0.295 e. The molecule has 1 N–H and O–H groups in total. The van der Waals surface area contributed by atoms with Gasteiger partial charge in [0.05, 0.1) is 0 Å². The molecule has 0 aromatic carbocycles. The Bertz CT molecular complexity index is 680. The topological polar surface area (TPSA) is 29.1 Å². The zero-order chi connectivity index (χ0) is 16.7. The summed E-state index contributed by atoms with van der Waals surface area (Å²) in [6.45, 7) is 5.03. The molecule has 24 heavy (non-hydrogen) atoms. The summed E-state index contributed by atoms with van der Waals surface area (Å²) < 4.78 is 0. The van der Waals surface area contributed by atoms with Crippen molar-refractivity contribution in [2.75, 3.05) is 6.54 Å². The first-order valence-corrected chi connectivity index (χ1v) is 9.81. The van der Waals surface area contributed by atoms with Gasteiger partial charge in [0, 0.05) is 17.4 Å². The number of hydrogen-bond donors (Lipinski definition) is 1. The Balaban J connectivity index is 1.52. The normalized spacial score (nSPS) is 55.0. The second kappa shape index (κ2) is 4.60. The average Bonchev–Trinajstić information content (AvgIpc) is 2.58. The molecule has 0 saturated heterocycles. The number of carbonyl (C=O) groups excluding carboxylic acids is 1. The van der Waals surface area contributed by atoms with E-state index in [-0.39, 0.29) is 16.7 Å². The van der Waals surface area contributed by atoms with E-state index in [0.29, 0.717) is 12.5 Å². The summed E-state index contributed by atoms with van der Waals surface area (Å²) in [5.41, 5.74) is 0.329. The molecule has 7 rings (SSSR count). The van der Waals surface area contributed by atoms with Crippen molar-refractivity contribution in [2.24, 2.45) is 52.3 Å². The van der Waals surface area contributed by atoms with Gasteiger partial charge in [-0.15, -0.1) is 6.42 Å². The molecule has 0 heterocycles. The zero-order valence-electron chi connectivity index (χ0n) is 14.8. The first-order chi connectivity index (χ1) is 11.5. The van der Waals surface area contributed by atoms with Gasteiger partial charge in [0.2, 0.25) is 0 Å². The number of hydrogen-bond acceptors (Lipinski definition) is 1. The third-order valence-corrected chi connectivity index (χ3v) is 8.79. The van der Waals surface area contributed by atoms with E-state index in [1.807, 2.05) is 6.92 Å². The summed E-state index contributed by atoms with van der Waals surface area (Å²) in [5.74, 6) is 15.2. The van der Waals surface area contributed by atoms with E-state index in [1.165, 1.54) is 32.1 Å². The van der Waals surface area contributed by atoms with Gasteiger partial charge < -0.3 is 5.32 Å². The van der Waals surface area contributed by atoms with Crippen molar-refractivity contribution in [3.63, 3.8) is 0 Å². The second-order valence-corrected chi connectivity index (χ2v) is 9.40. The number of terminal acetylenes is 1. The first kappa shape index (κ1) is 14.9. The second-order valence-electron chi connectivity index (χ2n) is 9.40. The van der Waals surface area contributed by atoms with Crippen LogP contribution < -0.4 is 5.32 Å². The average molecular weight is 321 g/mol. The van der Waals surface area contributed by atoms with E-state index >= 15 is 0 Å². The molecule has 5 unspecified atom stereocenters. The fourth-order valence-electron chi connectivity index (χ4n) is 8.11. The molecule has 5 atom stereocenters. The number of rotatable bonds is 1. The molecule has 126 valence electrons. The third-order valence-electron chi connectivity index (χ3n) is 8.79. The van der Waals surface area contributed by atoms with Crippen molar-refractivity contribution in [3.8, 4) is 24.2 Å². The largest absolute Gasteiger partial charge is 0.346 e. The van der Waals surface area contributed by atoms with Crippen LogP contribution in [-0.2, 0) is 4.79 Å². The van der Waals surface area contributed by atoms with Crippen LogP contribution in [0, 0.1) is 76.4 Å². The Morgan fingerprint density at radius 1 is 1.08 bits per heavy atom. The van der Waals surface area contributed by atoms with Crippen LogP contribution in [0.1, 0.15) is 46.0 Å². The third kappa shape index (κ3) is 1.63. The van der Waals surface area contributed by atoms with Gasteiger partial charge in [0.15, 0.2) is 0 Å². The number of carbonyl (C=O) groups is 1. The molecule has 8 bridgehead atoms. The highest BCUT2D eigenvalue weighted by Crippen LogP contribution is 2.77. The summed E-state index contributed by atoms with van der Waals surface area (Å²) in [6.07, 6.45) is 12.2. The van der Waals surface area contributed by atoms with Crippen molar-refractivity contribution < 1.29 is 4.79 Å². The molecular weight excluding hydrogens is 294 g/mol. The van der Waals surface area contributed by atoms with Crippen LogP contribution in [0.3, 0.4) is 0 Å². The minimum atomic E-state index is -0.101. The molecule has 7 aliphatic rings. The summed E-state index contributed by atoms with van der Waals surface area (Å²) in [7, 11) is 0. The molecule has 1 amide bonds. The van der Waals surface area contributed by atoms with Crippen LogP contribution in [0.15, 0.2) is 0 Å². The lowest BCUT2D eigenvalue weighted by Crippen LogP contribution is -2.69. The molecule has 0 aromatic heterocycles. The van der Waals surface area contributed by atoms with Gasteiger partial charge in [-0.2, -0.15) is 0 Å². The van der Waals surface area contributed by atoms with Crippen molar-refractivity contribution in [1.82, 2.24) is 5.32 Å². The lowest BCUT2D eigenvalue weighted by atomic mass is 9.29. The molecule has 0 radical (unpaired) electrons. The summed E-state index contributed by atoms with van der Waals surface area (Å²) in [6, 6.07) is 0. The first-order valence-electron chi connectivity index (χ1n) is 9.81. The SMILES string of the molecule is C#CC12CC3C4CC5(C#CC(=O)NCC)CC3C(C1)C(C4C2)C5C. The fraction of sp³-hybridized carbons (Fsp3) is 0.773. The van der Waals surface area contributed by atoms with Crippen LogP contribution in [0.4, 0.5) is 0 Å². The monoisotopic (exact) mass is 321 g/mol. The molecule has 0 spiro atoms. The van der Waals surface area contributed by atoms with E-state index in [4.69, 9.17) is 6.42 Å². The van der Waals surface area contributed by atoms with Crippen LogP contribution in [0.25, 0.3) is 0 Å². The molecule has 7 saturated carbocycles. The molecule has 2 heteroatoms. The maximum absolute atomic E-state index is 11.9. The van der Waals surface area contributed by atoms with E-state index in [0.717, 1.165) is 35.5 Å². The standard InChI is InChI=1S/C22H27NO/c1-4-21-8-14-15-11-22(7-6-19(24)23-5-2)12-16(14)18(10-21)20(13(22)3)17(15)9-21/h1,13-18,20H,5,8-12H2,2-3H3,(H,23,24). The van der Waals surface area contributed by atoms with Gasteiger partial charge in [0.25, 0.3) is 5.91 Å². The van der Waals surface area contributed by atoms with Crippen LogP contribution >= 0.6 is 0 Å². The predicted molar refractivity (Wildman–Crippen MR) is 93.3 cm³/mol. The quantitative estimate of drug-likeness (QED) is 0.739. The van der Waals surface area contributed by atoms with Crippen LogP contribution in [0.2, 0.25) is 0 Å². The molecular formula is C22H27NO. The Hall–Kier alpha value is -1.41. The molecule has 0 aromatic rings. The van der Waals surface area contributed by atoms with E-state index in [2.05, 4.69) is 30.0 Å². The lowest BCUT2D eigenvalue weighted by molar-refractivity contribution is -0.257. The fourth-order valence-corrected chi connectivity index (χ4v) is 8.11. The van der Waals surface area contributed by atoms with Gasteiger partial charge >= 0.3 is 0 Å². The maximum atomic E-state index is 11.9. The van der Waals surface area contributed by atoms with Crippen LogP contribution in [-0.4, -0.2) is 12.5 Å². The van der Waals surface area contributed by atoms with Gasteiger partial charge in [-0.25, -0.2) is 0 Å². The zero-order valence-corrected chi connectivity index (χ0v) is 14.8. The van der Waals surface area contributed by atoms with Crippen molar-refractivity contribution >= 4 is 5.91 Å². The van der Waals surface area contributed by atoms with E-state index < -0.39 is 0 Å². The highest BCUT2D eigenvalue weighted by Gasteiger charge is 2.72. The van der Waals surface area contributed by atoms with Gasteiger partial charge in [-0.3, -0.25) is 4.79 Å². The van der Waals surface area contributed by atoms with Crippen molar-refractivity contribution in [2.45, 2.75) is 46.0 Å². The van der Waals surface area contributed by atoms with Gasteiger partial charge in [0.1, 0.15) is 0 Å². The minimum absolute atomic E-state index is 0.0993. The molecule has 0 aliphatic heterocycles. The Morgan fingerprint density at radius 3 is 2.25 bits per heavy atom. The summed E-state index contributed by atoms with van der Waals surface area (Å²) in [4.78, 5) is 11.9. The molecule has 2 nitrogen and oxygen atoms in total. The Kier molecular flexibility index (Phi) is 2.86. The highest BCUT2D eigenvalue weighted by molar-refractivity contribution is 5.93. The molecule has 7 aliphatic carbocycles. The smallest absolute Gasteiger partial charge is 0.295 e. The van der Waals surface area contributed by atoms with Crippen molar-refractivity contribution in [3.05, 3.63) is 0 Å². The van der Waals surface area contributed by atoms with Gasteiger partial charge in [-0.1, -0.05) is 18.8 Å². The van der Waals surface area contributed by atoms with Crippen LogP contribution in [0.5, 0.6) is 0 Å². The number of nitrogens with one attached hydrogen (secondary N) is 1. The summed E-state index contributed by atoms with van der Waals surface area (Å²) in [5, 5.41) is 2.83. The lowest BCUT2D eigenvalue weighted by Gasteiger charge is -2.75.